The van der Waals surface area contributed by atoms with Gasteiger partial charge in [-0.2, -0.15) is 4.31 Å². The third-order valence-corrected chi connectivity index (χ3v) is 8.17. The van der Waals surface area contributed by atoms with Crippen LogP contribution in [0.15, 0.2) is 47.4 Å². The SMILES string of the molecule is COc1ccc2c(c1)CCN(CC1CCN(S(=O)(=O)c3ccc(C)cc3)CC1)C2.Cl. The molecule has 0 atom stereocenters. The molecule has 1 saturated heterocycles. The van der Waals surface area contributed by atoms with E-state index in [0.717, 1.165) is 50.2 Å². The van der Waals surface area contributed by atoms with Crippen LogP contribution < -0.4 is 4.74 Å². The summed E-state index contributed by atoms with van der Waals surface area (Å²) in [6, 6.07) is 13.5. The predicted octanol–water partition coefficient (Wildman–Crippen LogP) is 3.88. The smallest absolute Gasteiger partial charge is 0.243 e. The normalized spacial score (nSPS) is 18.5. The Kier molecular flexibility index (Phi) is 7.45. The zero-order valence-electron chi connectivity index (χ0n) is 17.7. The predicted molar refractivity (Wildman–Crippen MR) is 122 cm³/mol. The Morgan fingerprint density at radius 1 is 1.00 bits per heavy atom. The minimum Gasteiger partial charge on any atom is -0.497 e. The van der Waals surface area contributed by atoms with Crippen molar-refractivity contribution in [3.8, 4) is 5.75 Å². The molecule has 0 saturated carbocycles. The second kappa shape index (κ2) is 9.69. The fourth-order valence-corrected chi connectivity index (χ4v) is 5.90. The summed E-state index contributed by atoms with van der Waals surface area (Å²) in [7, 11) is -1.66. The Morgan fingerprint density at radius 3 is 2.37 bits per heavy atom. The number of hydrogen-bond donors (Lipinski definition) is 0. The van der Waals surface area contributed by atoms with Crippen molar-refractivity contribution in [3.05, 3.63) is 59.2 Å². The Morgan fingerprint density at radius 2 is 1.70 bits per heavy atom. The molecule has 164 valence electrons. The van der Waals surface area contributed by atoms with E-state index < -0.39 is 10.0 Å². The average Bonchev–Trinajstić information content (AvgIpc) is 2.74. The highest BCUT2D eigenvalue weighted by Crippen LogP contribution is 2.28. The topological polar surface area (TPSA) is 49.9 Å². The van der Waals surface area contributed by atoms with E-state index in [1.807, 2.05) is 25.1 Å². The molecular weight excluding hydrogens is 420 g/mol. The van der Waals surface area contributed by atoms with Crippen LogP contribution in [-0.2, 0) is 23.0 Å². The molecule has 0 spiro atoms. The number of sulfonamides is 1. The minimum atomic E-state index is -3.37. The number of piperidine rings is 1. The third-order valence-electron chi connectivity index (χ3n) is 6.25. The highest BCUT2D eigenvalue weighted by Gasteiger charge is 2.30. The minimum absolute atomic E-state index is 0. The summed E-state index contributed by atoms with van der Waals surface area (Å²) >= 11 is 0. The number of methoxy groups -OCH3 is 1. The van der Waals surface area contributed by atoms with Crippen LogP contribution in [0.1, 0.15) is 29.5 Å². The molecule has 0 unspecified atom stereocenters. The van der Waals surface area contributed by atoms with Crippen molar-refractivity contribution in [2.45, 2.75) is 37.6 Å². The van der Waals surface area contributed by atoms with Gasteiger partial charge in [-0.1, -0.05) is 23.8 Å². The number of rotatable bonds is 5. The van der Waals surface area contributed by atoms with E-state index in [-0.39, 0.29) is 12.4 Å². The van der Waals surface area contributed by atoms with Crippen molar-refractivity contribution in [1.29, 1.82) is 0 Å². The molecule has 2 heterocycles. The van der Waals surface area contributed by atoms with E-state index in [4.69, 9.17) is 4.74 Å². The number of benzene rings is 2. The molecule has 0 aromatic heterocycles. The molecule has 2 aromatic carbocycles. The lowest BCUT2D eigenvalue weighted by Gasteiger charge is -2.36. The van der Waals surface area contributed by atoms with E-state index in [1.165, 1.54) is 11.1 Å². The highest BCUT2D eigenvalue weighted by atomic mass is 35.5. The lowest BCUT2D eigenvalue weighted by molar-refractivity contribution is 0.171. The van der Waals surface area contributed by atoms with Gasteiger partial charge in [-0.25, -0.2) is 8.42 Å². The molecule has 0 N–H and O–H groups in total. The first-order chi connectivity index (χ1) is 14.0. The average molecular weight is 451 g/mol. The highest BCUT2D eigenvalue weighted by molar-refractivity contribution is 7.89. The maximum Gasteiger partial charge on any atom is 0.243 e. The molecule has 0 radical (unpaired) electrons. The lowest BCUT2D eigenvalue weighted by atomic mass is 9.94. The standard InChI is InChI=1S/C23H30N2O3S.ClH/c1-18-3-7-23(8-4-18)29(26,27)25-13-9-19(10-14-25)16-24-12-11-20-15-22(28-2)6-5-21(20)17-24;/h3-8,15,19H,9-14,16-17H2,1-2H3;1H. The van der Waals surface area contributed by atoms with Crippen molar-refractivity contribution < 1.29 is 13.2 Å². The van der Waals surface area contributed by atoms with Gasteiger partial charge in [0.15, 0.2) is 0 Å². The van der Waals surface area contributed by atoms with Crippen LogP contribution in [0, 0.1) is 12.8 Å². The van der Waals surface area contributed by atoms with Crippen LogP contribution in [-0.4, -0.2) is 50.9 Å². The summed E-state index contributed by atoms with van der Waals surface area (Å²) in [4.78, 5) is 2.92. The van der Waals surface area contributed by atoms with Crippen LogP contribution in [0.4, 0.5) is 0 Å². The van der Waals surface area contributed by atoms with E-state index in [9.17, 15) is 8.42 Å². The van der Waals surface area contributed by atoms with Crippen molar-refractivity contribution in [2.24, 2.45) is 5.92 Å². The number of aryl methyl sites for hydroxylation is 1. The van der Waals surface area contributed by atoms with E-state index >= 15 is 0 Å². The van der Waals surface area contributed by atoms with Gasteiger partial charge in [0.1, 0.15) is 5.75 Å². The van der Waals surface area contributed by atoms with E-state index in [0.29, 0.717) is 23.9 Å². The van der Waals surface area contributed by atoms with Crippen molar-refractivity contribution in [3.63, 3.8) is 0 Å². The summed E-state index contributed by atoms with van der Waals surface area (Å²) in [5, 5.41) is 0. The van der Waals surface area contributed by atoms with Crippen LogP contribution in [0.3, 0.4) is 0 Å². The lowest BCUT2D eigenvalue weighted by Crippen LogP contribution is -2.42. The summed E-state index contributed by atoms with van der Waals surface area (Å²) in [5.41, 5.74) is 3.85. The molecule has 5 nitrogen and oxygen atoms in total. The Labute approximate surface area is 186 Å². The van der Waals surface area contributed by atoms with Gasteiger partial charge < -0.3 is 4.74 Å². The monoisotopic (exact) mass is 450 g/mol. The molecule has 0 aliphatic carbocycles. The summed E-state index contributed by atoms with van der Waals surface area (Å²) in [5.74, 6) is 1.48. The summed E-state index contributed by atoms with van der Waals surface area (Å²) < 4.78 is 32.8. The van der Waals surface area contributed by atoms with Crippen molar-refractivity contribution in [1.82, 2.24) is 9.21 Å². The van der Waals surface area contributed by atoms with Crippen LogP contribution in [0.25, 0.3) is 0 Å². The van der Waals surface area contributed by atoms with Gasteiger partial charge in [-0.05, 0) is 67.5 Å². The molecule has 0 amide bonds. The van der Waals surface area contributed by atoms with Crippen LogP contribution >= 0.6 is 12.4 Å². The second-order valence-corrected chi connectivity index (χ2v) is 10.2. The van der Waals surface area contributed by atoms with Gasteiger partial charge in [-0.3, -0.25) is 4.90 Å². The molecule has 2 aromatic rings. The van der Waals surface area contributed by atoms with Gasteiger partial charge >= 0.3 is 0 Å². The van der Waals surface area contributed by atoms with Gasteiger partial charge in [0.2, 0.25) is 10.0 Å². The zero-order valence-corrected chi connectivity index (χ0v) is 19.3. The molecule has 30 heavy (non-hydrogen) atoms. The first kappa shape index (κ1) is 23.1. The van der Waals surface area contributed by atoms with Gasteiger partial charge in [0.25, 0.3) is 0 Å². The molecule has 2 aliphatic heterocycles. The molecule has 0 bridgehead atoms. The van der Waals surface area contributed by atoms with Crippen molar-refractivity contribution >= 4 is 22.4 Å². The van der Waals surface area contributed by atoms with Crippen LogP contribution in [0.5, 0.6) is 5.75 Å². The van der Waals surface area contributed by atoms with E-state index in [2.05, 4.69) is 17.0 Å². The number of hydrogen-bond acceptors (Lipinski definition) is 4. The van der Waals surface area contributed by atoms with Gasteiger partial charge in [0, 0.05) is 32.7 Å². The molecule has 1 fully saturated rings. The second-order valence-electron chi connectivity index (χ2n) is 8.28. The fourth-order valence-electron chi connectivity index (χ4n) is 4.43. The Hall–Kier alpha value is -1.60. The molecular formula is C23H31ClN2O3S. The number of nitrogens with zero attached hydrogens (tertiary/aromatic N) is 2. The third kappa shape index (κ3) is 4.99. The van der Waals surface area contributed by atoms with Crippen LogP contribution in [0.2, 0.25) is 0 Å². The number of ether oxygens (including phenoxy) is 1. The quantitative estimate of drug-likeness (QED) is 0.693. The maximum atomic E-state index is 12.9. The fraction of sp³-hybridized carbons (Fsp3) is 0.478. The maximum absolute atomic E-state index is 12.9. The summed E-state index contributed by atoms with van der Waals surface area (Å²) in [6.07, 6.45) is 2.90. The molecule has 7 heteroatoms. The molecule has 2 aliphatic rings. The Bertz CT molecular complexity index is 955. The largest absolute Gasteiger partial charge is 0.497 e. The van der Waals surface area contributed by atoms with E-state index in [1.54, 1.807) is 23.5 Å². The first-order valence-corrected chi connectivity index (χ1v) is 11.8. The number of fused-ring (bicyclic) bond motifs is 1. The summed E-state index contributed by atoms with van der Waals surface area (Å²) in [6.45, 7) is 6.27. The molecule has 4 rings (SSSR count). The zero-order chi connectivity index (χ0) is 20.4. The Balaban J connectivity index is 0.00000256. The van der Waals surface area contributed by atoms with Crippen molar-refractivity contribution in [2.75, 3.05) is 33.3 Å². The number of halogens is 1. The van der Waals surface area contributed by atoms with Gasteiger partial charge in [0.05, 0.1) is 12.0 Å². The first-order valence-electron chi connectivity index (χ1n) is 10.4. The van der Waals surface area contributed by atoms with Gasteiger partial charge in [-0.15, -0.1) is 12.4 Å².